The van der Waals surface area contributed by atoms with Crippen LogP contribution in [-0.4, -0.2) is 36.3 Å². The molecule has 0 amide bonds. The van der Waals surface area contributed by atoms with Gasteiger partial charge in [0.25, 0.3) is 0 Å². The topological polar surface area (TPSA) is 40.9 Å². The van der Waals surface area contributed by atoms with Gasteiger partial charge in [-0.25, -0.2) is 0 Å². The van der Waals surface area contributed by atoms with Crippen molar-refractivity contribution in [2.45, 2.75) is 45.1 Å². The maximum atomic E-state index is 5.90. The molecular formula is C25H31N3O2S. The van der Waals surface area contributed by atoms with Crippen LogP contribution in [0.3, 0.4) is 0 Å². The number of hydrogen-bond acceptors (Lipinski definition) is 4. The van der Waals surface area contributed by atoms with E-state index >= 15 is 0 Å². The largest absolute Gasteiger partial charge is 0.464 e. The number of benzene rings is 2. The molecule has 164 valence electrons. The number of piperidine rings is 1. The third-order valence-electron chi connectivity index (χ3n) is 6.40. The highest BCUT2D eigenvalue weighted by atomic mass is 32.1. The monoisotopic (exact) mass is 437 g/mol. The fraction of sp³-hybridized carbons (Fsp3) is 0.400. The zero-order valence-corrected chi connectivity index (χ0v) is 19.3. The molecule has 2 heterocycles. The fourth-order valence-electron chi connectivity index (χ4n) is 4.39. The van der Waals surface area contributed by atoms with Crippen LogP contribution in [0.15, 0.2) is 59.2 Å². The van der Waals surface area contributed by atoms with Crippen LogP contribution in [-0.2, 0) is 4.84 Å². The first-order valence-electron chi connectivity index (χ1n) is 11.1. The van der Waals surface area contributed by atoms with Crippen LogP contribution in [0.25, 0.3) is 11.0 Å². The van der Waals surface area contributed by atoms with Gasteiger partial charge in [0, 0.05) is 22.7 Å². The molecule has 4 rings (SSSR count). The number of hydrogen-bond donors (Lipinski definition) is 1. The maximum absolute atomic E-state index is 5.90. The molecule has 1 fully saturated rings. The van der Waals surface area contributed by atoms with Gasteiger partial charge in [0.1, 0.15) is 5.58 Å². The van der Waals surface area contributed by atoms with E-state index in [0.29, 0.717) is 17.1 Å². The summed E-state index contributed by atoms with van der Waals surface area (Å²) >= 11 is 5.61. The van der Waals surface area contributed by atoms with E-state index in [9.17, 15) is 0 Å². The molecule has 1 N–H and O–H groups in total. The Morgan fingerprint density at radius 2 is 1.97 bits per heavy atom. The van der Waals surface area contributed by atoms with E-state index in [0.717, 1.165) is 48.3 Å². The Kier molecular flexibility index (Phi) is 6.90. The molecule has 1 aromatic heterocycles. The quantitative estimate of drug-likeness (QED) is 0.367. The van der Waals surface area contributed by atoms with Crippen LogP contribution in [0.5, 0.6) is 0 Å². The average molecular weight is 438 g/mol. The van der Waals surface area contributed by atoms with Crippen molar-refractivity contribution < 1.29 is 9.25 Å². The number of furan rings is 1. The van der Waals surface area contributed by atoms with Crippen LogP contribution < -0.4 is 10.4 Å². The highest BCUT2D eigenvalue weighted by molar-refractivity contribution is 7.80. The summed E-state index contributed by atoms with van der Waals surface area (Å²) in [5, 5.41) is 6.51. The van der Waals surface area contributed by atoms with Crippen molar-refractivity contribution in [3.63, 3.8) is 0 Å². The first-order valence-corrected chi connectivity index (χ1v) is 11.5. The normalized spacial score (nSPS) is 16.4. The predicted octanol–water partition coefficient (Wildman–Crippen LogP) is 6.18. The molecule has 1 unspecified atom stereocenters. The van der Waals surface area contributed by atoms with Gasteiger partial charge in [-0.2, -0.15) is 5.06 Å². The number of hydroxylamine groups is 1. The van der Waals surface area contributed by atoms with Crippen molar-refractivity contribution in [1.29, 1.82) is 0 Å². The maximum Gasteiger partial charge on any atom is 0.202 e. The number of likely N-dealkylation sites (tertiary alicyclic amines) is 1. The van der Waals surface area contributed by atoms with Crippen molar-refractivity contribution >= 4 is 39.7 Å². The van der Waals surface area contributed by atoms with Crippen LogP contribution in [0.1, 0.15) is 44.6 Å². The summed E-state index contributed by atoms with van der Waals surface area (Å²) < 4.78 is 5.90. The third-order valence-corrected chi connectivity index (χ3v) is 6.67. The van der Waals surface area contributed by atoms with E-state index in [2.05, 4.69) is 30.1 Å². The lowest BCUT2D eigenvalue weighted by atomic mass is 9.88. The Morgan fingerprint density at radius 1 is 1.23 bits per heavy atom. The summed E-state index contributed by atoms with van der Waals surface area (Å²) in [6.07, 6.45) is 5.46. The summed E-state index contributed by atoms with van der Waals surface area (Å²) in [5.74, 6) is 0.516. The van der Waals surface area contributed by atoms with Crippen molar-refractivity contribution in [1.82, 2.24) is 4.90 Å². The van der Waals surface area contributed by atoms with E-state index < -0.39 is 0 Å². The van der Waals surface area contributed by atoms with E-state index in [1.54, 1.807) is 12.2 Å². The highest BCUT2D eigenvalue weighted by Gasteiger charge is 2.26. The fourth-order valence-corrected chi connectivity index (χ4v) is 4.69. The van der Waals surface area contributed by atoms with Crippen LogP contribution in [0.4, 0.5) is 11.4 Å². The molecular weight excluding hydrogens is 406 g/mol. The van der Waals surface area contributed by atoms with Crippen LogP contribution in [0, 0.1) is 0 Å². The van der Waals surface area contributed by atoms with Gasteiger partial charge in [0.2, 0.25) is 5.11 Å². The van der Waals surface area contributed by atoms with E-state index in [4.69, 9.17) is 21.5 Å². The molecule has 0 aliphatic carbocycles. The molecule has 1 saturated heterocycles. The first-order chi connectivity index (χ1) is 15.1. The SMILES string of the molecule is CCC(C)N1CCC(c2coc3ccc(N(OC)C(=S)Nc4ccccc4)cc23)CC1. The first kappa shape index (κ1) is 21.8. The van der Waals surface area contributed by atoms with Gasteiger partial charge in [0.05, 0.1) is 19.1 Å². The molecule has 0 spiro atoms. The molecule has 31 heavy (non-hydrogen) atoms. The molecule has 2 aromatic carbocycles. The summed E-state index contributed by atoms with van der Waals surface area (Å²) in [5.41, 5.74) is 4.00. The number of nitrogens with zero attached hydrogens (tertiary/aromatic N) is 2. The number of para-hydroxylation sites is 1. The zero-order valence-electron chi connectivity index (χ0n) is 18.5. The third kappa shape index (κ3) is 4.76. The number of rotatable bonds is 6. The number of thiocarbonyl (C=S) groups is 1. The molecule has 0 saturated carbocycles. The number of fused-ring (bicyclic) bond motifs is 1. The lowest BCUT2D eigenvalue weighted by Gasteiger charge is -2.35. The molecule has 5 nitrogen and oxygen atoms in total. The Hall–Kier alpha value is -2.41. The van der Waals surface area contributed by atoms with E-state index in [-0.39, 0.29) is 0 Å². The summed E-state index contributed by atoms with van der Waals surface area (Å²) in [6, 6.07) is 16.6. The standard InChI is InChI=1S/C25H31N3O2S/c1-4-18(2)27-14-12-19(13-15-27)23-17-30-24-11-10-21(16-22(23)24)28(29-3)25(31)26-20-8-6-5-7-9-20/h5-11,16-19H,4,12-15H2,1-3H3,(H,26,31). The average Bonchev–Trinajstić information content (AvgIpc) is 3.23. The highest BCUT2D eigenvalue weighted by Crippen LogP contribution is 2.36. The lowest BCUT2D eigenvalue weighted by Crippen LogP contribution is -2.39. The Labute approximate surface area is 189 Å². The predicted molar refractivity (Wildman–Crippen MR) is 132 cm³/mol. The van der Waals surface area contributed by atoms with Gasteiger partial charge in [-0.05, 0) is 87.7 Å². The molecule has 1 aliphatic heterocycles. The van der Waals surface area contributed by atoms with Crippen molar-refractivity contribution in [2.24, 2.45) is 0 Å². The number of nitrogens with one attached hydrogen (secondary N) is 1. The minimum absolute atomic E-state index is 0.486. The minimum Gasteiger partial charge on any atom is -0.464 e. The van der Waals surface area contributed by atoms with Gasteiger partial charge >= 0.3 is 0 Å². The van der Waals surface area contributed by atoms with Crippen molar-refractivity contribution in [3.8, 4) is 0 Å². The van der Waals surface area contributed by atoms with Gasteiger partial charge in [-0.1, -0.05) is 25.1 Å². The summed E-state index contributed by atoms with van der Waals surface area (Å²) in [6.45, 7) is 6.87. The smallest absolute Gasteiger partial charge is 0.202 e. The van der Waals surface area contributed by atoms with E-state index in [1.165, 1.54) is 12.0 Å². The number of anilines is 2. The van der Waals surface area contributed by atoms with Gasteiger partial charge < -0.3 is 14.6 Å². The molecule has 1 atom stereocenters. The molecule has 0 radical (unpaired) electrons. The minimum atomic E-state index is 0.486. The van der Waals surface area contributed by atoms with Crippen LogP contribution >= 0.6 is 12.2 Å². The second kappa shape index (κ2) is 9.81. The molecule has 3 aromatic rings. The molecule has 6 heteroatoms. The zero-order chi connectivity index (χ0) is 21.8. The van der Waals surface area contributed by atoms with Crippen molar-refractivity contribution in [2.75, 3.05) is 30.6 Å². The van der Waals surface area contributed by atoms with Gasteiger partial charge in [-0.15, -0.1) is 0 Å². The second-order valence-corrected chi connectivity index (χ2v) is 8.60. The van der Waals surface area contributed by atoms with E-state index in [1.807, 2.05) is 48.7 Å². The molecule has 0 bridgehead atoms. The Balaban J connectivity index is 1.54. The van der Waals surface area contributed by atoms with Crippen molar-refractivity contribution in [3.05, 3.63) is 60.4 Å². The summed E-state index contributed by atoms with van der Waals surface area (Å²) in [4.78, 5) is 8.23. The van der Waals surface area contributed by atoms with Crippen LogP contribution in [0.2, 0.25) is 0 Å². The second-order valence-electron chi connectivity index (χ2n) is 8.21. The molecule has 1 aliphatic rings. The van der Waals surface area contributed by atoms with Gasteiger partial charge in [0.15, 0.2) is 0 Å². The Bertz CT molecular complexity index is 1010. The summed E-state index contributed by atoms with van der Waals surface area (Å²) in [7, 11) is 1.63. The van der Waals surface area contributed by atoms with Gasteiger partial charge in [-0.3, -0.25) is 4.84 Å². The lowest BCUT2D eigenvalue weighted by molar-refractivity contribution is 0.158. The Morgan fingerprint density at radius 3 is 2.65 bits per heavy atom.